The Morgan fingerprint density at radius 3 is 2.53 bits per heavy atom. The summed E-state index contributed by atoms with van der Waals surface area (Å²) in [4.78, 5) is 0. The molecule has 0 radical (unpaired) electrons. The van der Waals surface area contributed by atoms with E-state index in [0.29, 0.717) is 27.7 Å². The Balaban J connectivity index is 2.04. The standard InChI is InChI=1S/C15H20Cl3N/c1-2-10-5-3-4-6-14(10)19-9-11-12(16)7-8-13(17)15(11)18/h7-8,10,14,19H,2-6,9H2,1H3. The molecule has 1 saturated carbocycles. The van der Waals surface area contributed by atoms with Gasteiger partial charge in [0, 0.05) is 23.2 Å². The van der Waals surface area contributed by atoms with Crippen molar-refractivity contribution < 1.29 is 0 Å². The van der Waals surface area contributed by atoms with Gasteiger partial charge >= 0.3 is 0 Å². The quantitative estimate of drug-likeness (QED) is 0.701. The van der Waals surface area contributed by atoms with Gasteiger partial charge in [-0.3, -0.25) is 0 Å². The maximum absolute atomic E-state index is 6.23. The molecule has 0 aliphatic heterocycles. The summed E-state index contributed by atoms with van der Waals surface area (Å²) in [5.74, 6) is 0.769. The lowest BCUT2D eigenvalue weighted by atomic mass is 9.83. The van der Waals surface area contributed by atoms with Gasteiger partial charge in [0.1, 0.15) is 0 Å². The molecule has 1 fully saturated rings. The predicted octanol–water partition coefficient (Wildman–Crippen LogP) is 5.71. The Morgan fingerprint density at radius 1 is 1.11 bits per heavy atom. The van der Waals surface area contributed by atoms with Gasteiger partial charge in [0.2, 0.25) is 0 Å². The summed E-state index contributed by atoms with van der Waals surface area (Å²) >= 11 is 18.5. The molecule has 0 saturated heterocycles. The van der Waals surface area contributed by atoms with E-state index in [2.05, 4.69) is 12.2 Å². The van der Waals surface area contributed by atoms with Gasteiger partial charge in [-0.25, -0.2) is 0 Å². The number of hydrogen-bond donors (Lipinski definition) is 1. The molecule has 1 nitrogen and oxygen atoms in total. The highest BCUT2D eigenvalue weighted by Crippen LogP contribution is 2.32. The van der Waals surface area contributed by atoms with Crippen LogP contribution in [0.2, 0.25) is 15.1 Å². The van der Waals surface area contributed by atoms with Gasteiger partial charge in [0.25, 0.3) is 0 Å². The summed E-state index contributed by atoms with van der Waals surface area (Å²) in [5.41, 5.74) is 0.913. The van der Waals surface area contributed by atoms with Crippen LogP contribution in [0.1, 0.15) is 44.6 Å². The average Bonchev–Trinajstić information content (AvgIpc) is 2.43. The highest BCUT2D eigenvalue weighted by Gasteiger charge is 2.23. The van der Waals surface area contributed by atoms with Gasteiger partial charge in [0.05, 0.1) is 10.0 Å². The lowest BCUT2D eigenvalue weighted by molar-refractivity contribution is 0.254. The van der Waals surface area contributed by atoms with Crippen molar-refractivity contribution >= 4 is 34.8 Å². The monoisotopic (exact) mass is 319 g/mol. The van der Waals surface area contributed by atoms with Gasteiger partial charge < -0.3 is 5.32 Å². The molecule has 1 aromatic carbocycles. The molecule has 0 spiro atoms. The summed E-state index contributed by atoms with van der Waals surface area (Å²) in [6.07, 6.45) is 6.47. The summed E-state index contributed by atoms with van der Waals surface area (Å²) in [6.45, 7) is 2.96. The second-order valence-corrected chi connectivity index (χ2v) is 6.45. The lowest BCUT2D eigenvalue weighted by Gasteiger charge is -2.32. The van der Waals surface area contributed by atoms with Gasteiger partial charge in [-0.2, -0.15) is 0 Å². The Bertz CT molecular complexity index is 434. The molecule has 0 aromatic heterocycles. The summed E-state index contributed by atoms with van der Waals surface area (Å²) in [6, 6.07) is 4.13. The third-order valence-electron chi connectivity index (χ3n) is 4.11. The molecular formula is C15H20Cl3N. The van der Waals surface area contributed by atoms with Crippen LogP contribution in [0.4, 0.5) is 0 Å². The van der Waals surface area contributed by atoms with E-state index in [1.807, 2.05) is 6.07 Å². The molecule has 2 atom stereocenters. The minimum atomic E-state index is 0.568. The van der Waals surface area contributed by atoms with E-state index in [0.717, 1.165) is 11.5 Å². The van der Waals surface area contributed by atoms with Crippen molar-refractivity contribution in [2.75, 3.05) is 0 Å². The SMILES string of the molecule is CCC1CCCCC1NCc1c(Cl)ccc(Cl)c1Cl. The summed E-state index contributed by atoms with van der Waals surface area (Å²) in [7, 11) is 0. The van der Waals surface area contributed by atoms with E-state index in [1.165, 1.54) is 32.1 Å². The van der Waals surface area contributed by atoms with E-state index in [4.69, 9.17) is 34.8 Å². The van der Waals surface area contributed by atoms with Crippen molar-refractivity contribution in [2.24, 2.45) is 5.92 Å². The zero-order chi connectivity index (χ0) is 13.8. The van der Waals surface area contributed by atoms with Crippen LogP contribution in [0.25, 0.3) is 0 Å². The number of halogens is 3. The molecule has 0 bridgehead atoms. The Hall–Kier alpha value is 0.0500. The first kappa shape index (κ1) is 15.4. The highest BCUT2D eigenvalue weighted by atomic mass is 35.5. The van der Waals surface area contributed by atoms with Crippen LogP contribution in [-0.4, -0.2) is 6.04 Å². The molecule has 1 N–H and O–H groups in total. The topological polar surface area (TPSA) is 12.0 Å². The first-order valence-electron chi connectivity index (χ1n) is 6.99. The van der Waals surface area contributed by atoms with Crippen molar-refractivity contribution in [1.82, 2.24) is 5.32 Å². The van der Waals surface area contributed by atoms with Gasteiger partial charge in [-0.05, 0) is 30.9 Å². The van der Waals surface area contributed by atoms with Crippen LogP contribution in [0.5, 0.6) is 0 Å². The molecule has 1 aromatic rings. The molecule has 2 rings (SSSR count). The minimum Gasteiger partial charge on any atom is -0.310 e. The van der Waals surface area contributed by atoms with E-state index in [-0.39, 0.29) is 0 Å². The first-order chi connectivity index (χ1) is 9.13. The number of nitrogens with one attached hydrogen (secondary N) is 1. The Morgan fingerprint density at radius 2 is 1.79 bits per heavy atom. The number of hydrogen-bond acceptors (Lipinski definition) is 1. The molecule has 0 heterocycles. The second kappa shape index (κ2) is 7.17. The fourth-order valence-corrected chi connectivity index (χ4v) is 3.61. The van der Waals surface area contributed by atoms with Crippen LogP contribution in [0.3, 0.4) is 0 Å². The third-order valence-corrected chi connectivity index (χ3v) is 5.31. The van der Waals surface area contributed by atoms with Crippen molar-refractivity contribution in [3.8, 4) is 0 Å². The minimum absolute atomic E-state index is 0.568. The first-order valence-corrected chi connectivity index (χ1v) is 8.12. The van der Waals surface area contributed by atoms with Crippen molar-refractivity contribution in [2.45, 2.75) is 51.6 Å². The second-order valence-electron chi connectivity index (χ2n) is 5.26. The third kappa shape index (κ3) is 3.78. The summed E-state index contributed by atoms with van der Waals surface area (Å²) < 4.78 is 0. The van der Waals surface area contributed by atoms with Crippen molar-refractivity contribution in [3.05, 3.63) is 32.8 Å². The summed E-state index contributed by atoms with van der Waals surface area (Å²) in [5, 5.41) is 5.45. The molecule has 4 heteroatoms. The largest absolute Gasteiger partial charge is 0.310 e. The number of benzene rings is 1. The molecular weight excluding hydrogens is 301 g/mol. The van der Waals surface area contributed by atoms with Crippen LogP contribution in [0.15, 0.2) is 12.1 Å². The smallest absolute Gasteiger partial charge is 0.0652 e. The average molecular weight is 321 g/mol. The van der Waals surface area contributed by atoms with Crippen LogP contribution in [0, 0.1) is 5.92 Å². The van der Waals surface area contributed by atoms with Gasteiger partial charge in [-0.1, -0.05) is 61.0 Å². The van der Waals surface area contributed by atoms with E-state index in [1.54, 1.807) is 6.07 Å². The van der Waals surface area contributed by atoms with Gasteiger partial charge in [-0.15, -0.1) is 0 Å². The molecule has 2 unspecified atom stereocenters. The molecule has 106 valence electrons. The Labute approximate surface area is 130 Å². The number of rotatable bonds is 4. The fourth-order valence-electron chi connectivity index (χ4n) is 2.93. The van der Waals surface area contributed by atoms with Crippen molar-refractivity contribution in [1.29, 1.82) is 0 Å². The van der Waals surface area contributed by atoms with Gasteiger partial charge in [0.15, 0.2) is 0 Å². The predicted molar refractivity (Wildman–Crippen MR) is 84.3 cm³/mol. The molecule has 0 amide bonds. The maximum Gasteiger partial charge on any atom is 0.0652 e. The Kier molecular flexibility index (Phi) is 5.83. The zero-order valence-corrected chi connectivity index (χ0v) is 13.5. The molecule has 1 aliphatic rings. The normalized spacial score (nSPS) is 23.6. The van der Waals surface area contributed by atoms with E-state index >= 15 is 0 Å². The fraction of sp³-hybridized carbons (Fsp3) is 0.600. The molecule has 1 aliphatic carbocycles. The van der Waals surface area contributed by atoms with Crippen LogP contribution >= 0.6 is 34.8 Å². The van der Waals surface area contributed by atoms with E-state index < -0.39 is 0 Å². The maximum atomic E-state index is 6.23. The highest BCUT2D eigenvalue weighted by molar-refractivity contribution is 6.44. The zero-order valence-electron chi connectivity index (χ0n) is 11.2. The van der Waals surface area contributed by atoms with Crippen LogP contribution < -0.4 is 5.32 Å². The van der Waals surface area contributed by atoms with Crippen molar-refractivity contribution in [3.63, 3.8) is 0 Å². The van der Waals surface area contributed by atoms with E-state index in [9.17, 15) is 0 Å². The molecule has 19 heavy (non-hydrogen) atoms. The lowest BCUT2D eigenvalue weighted by Crippen LogP contribution is -2.37. The van der Waals surface area contributed by atoms with Crippen LogP contribution in [-0.2, 0) is 6.54 Å².